The van der Waals surface area contributed by atoms with Crippen molar-refractivity contribution in [3.05, 3.63) is 85.1 Å². The predicted molar refractivity (Wildman–Crippen MR) is 212 cm³/mol. The number of allylic oxidation sites excluding steroid dienone is 14. The number of carboxylic acid groups (broad SMARTS) is 1. The van der Waals surface area contributed by atoms with E-state index in [0.717, 1.165) is 70.6 Å². The third kappa shape index (κ3) is 32.4. The summed E-state index contributed by atoms with van der Waals surface area (Å²) in [4.78, 5) is 36.7. The van der Waals surface area contributed by atoms with Crippen LogP contribution < -0.4 is 5.11 Å². The molecular weight excluding hydrogens is 654 g/mol. The van der Waals surface area contributed by atoms with E-state index in [9.17, 15) is 19.5 Å². The summed E-state index contributed by atoms with van der Waals surface area (Å²) in [6, 6.07) is -0.737. The number of esters is 2. The van der Waals surface area contributed by atoms with Crippen LogP contribution in [0.15, 0.2) is 85.1 Å². The summed E-state index contributed by atoms with van der Waals surface area (Å²) in [5.41, 5.74) is 0. The third-order valence-corrected chi connectivity index (χ3v) is 8.18. The molecule has 0 aromatic carbocycles. The van der Waals surface area contributed by atoms with E-state index in [-0.39, 0.29) is 42.7 Å². The molecule has 0 heterocycles. The van der Waals surface area contributed by atoms with Crippen LogP contribution in [0.25, 0.3) is 0 Å². The number of ether oxygens (including phenoxy) is 3. The fourth-order valence-corrected chi connectivity index (χ4v) is 5.08. The molecule has 294 valence electrons. The van der Waals surface area contributed by atoms with Crippen LogP contribution in [0, 0.1) is 0 Å². The quantitative estimate of drug-likeness (QED) is 0.0219. The van der Waals surface area contributed by atoms with Crippen molar-refractivity contribution in [2.24, 2.45) is 0 Å². The Kier molecular flexibility index (Phi) is 32.3. The second-order valence-electron chi connectivity index (χ2n) is 13.9. The van der Waals surface area contributed by atoms with Gasteiger partial charge in [0.05, 0.1) is 40.3 Å². The fourth-order valence-electron chi connectivity index (χ4n) is 5.08. The van der Waals surface area contributed by atoms with Crippen LogP contribution in [0.5, 0.6) is 0 Å². The van der Waals surface area contributed by atoms with E-state index >= 15 is 0 Å². The molecule has 8 nitrogen and oxygen atoms in total. The van der Waals surface area contributed by atoms with Gasteiger partial charge in [0.15, 0.2) is 6.10 Å². The number of unbranched alkanes of at least 4 members (excludes halogenated alkanes) is 10. The normalized spacial score (nSPS) is 13.9. The van der Waals surface area contributed by atoms with Crippen molar-refractivity contribution in [3.63, 3.8) is 0 Å². The lowest BCUT2D eigenvalue weighted by Gasteiger charge is -2.34. The first-order chi connectivity index (χ1) is 25.1. The van der Waals surface area contributed by atoms with E-state index in [1.165, 1.54) is 12.8 Å². The molecule has 0 rings (SSSR count). The lowest BCUT2D eigenvalue weighted by atomic mass is 10.1. The lowest BCUT2D eigenvalue weighted by Crippen LogP contribution is -2.55. The highest BCUT2D eigenvalue weighted by molar-refractivity contribution is 5.70. The maximum Gasteiger partial charge on any atom is 0.306 e. The van der Waals surface area contributed by atoms with Crippen molar-refractivity contribution in [1.82, 2.24) is 0 Å². The molecule has 0 aromatic heterocycles. The van der Waals surface area contributed by atoms with Gasteiger partial charge in [-0.05, 0) is 51.4 Å². The molecule has 0 radical (unpaired) electrons. The topological polar surface area (TPSA) is 102 Å². The largest absolute Gasteiger partial charge is 0.544 e. The molecule has 0 amide bonds. The maximum absolute atomic E-state index is 12.6. The minimum atomic E-state index is -1.14. The Bertz CT molecular complexity index is 1120. The first-order valence-corrected chi connectivity index (χ1v) is 19.7. The molecule has 0 aliphatic heterocycles. The van der Waals surface area contributed by atoms with E-state index in [2.05, 4.69) is 38.2 Å². The molecular formula is C44H71NO7. The number of carbonyl (C=O) groups excluding carboxylic acids is 3. The van der Waals surface area contributed by atoms with E-state index < -0.39 is 18.1 Å². The molecule has 0 aliphatic carbocycles. The van der Waals surface area contributed by atoms with E-state index in [0.29, 0.717) is 19.3 Å². The second-order valence-corrected chi connectivity index (χ2v) is 13.9. The van der Waals surface area contributed by atoms with Gasteiger partial charge in [-0.1, -0.05) is 137 Å². The standard InChI is InChI=1S/C44H71NO7/c1-6-8-10-12-14-16-18-19-20-21-22-23-25-26-28-30-32-34-42(46)51-39-40(38-50-37-36-41(44(48)49)45(3,4)5)52-43(47)35-33-31-29-27-24-17-15-13-11-9-7-2/h8,10,12-16,18-23,25,40-41H,6-7,9,11,17,24,26-39H2,1-5H3/b10-8+,14-12+,15-13+,18-16+,20-19+,22-21+,25-23+. The van der Waals surface area contributed by atoms with Crippen LogP contribution in [0.3, 0.4) is 0 Å². The molecule has 0 bridgehead atoms. The van der Waals surface area contributed by atoms with E-state index in [1.807, 2.05) is 60.8 Å². The summed E-state index contributed by atoms with van der Waals surface area (Å²) >= 11 is 0. The van der Waals surface area contributed by atoms with Crippen molar-refractivity contribution < 1.29 is 38.2 Å². The zero-order chi connectivity index (χ0) is 38.5. The van der Waals surface area contributed by atoms with Crippen molar-refractivity contribution in [3.8, 4) is 0 Å². The van der Waals surface area contributed by atoms with Crippen LogP contribution in [0.1, 0.15) is 123 Å². The summed E-state index contributed by atoms with van der Waals surface area (Å²) in [6.45, 7) is 4.38. The molecule has 52 heavy (non-hydrogen) atoms. The highest BCUT2D eigenvalue weighted by Gasteiger charge is 2.25. The van der Waals surface area contributed by atoms with Gasteiger partial charge in [-0.2, -0.15) is 0 Å². The van der Waals surface area contributed by atoms with Gasteiger partial charge in [0.1, 0.15) is 12.6 Å². The molecule has 8 heteroatoms. The molecule has 0 saturated carbocycles. The minimum absolute atomic E-state index is 0.0171. The zero-order valence-electron chi connectivity index (χ0n) is 33.2. The van der Waals surface area contributed by atoms with Crippen molar-refractivity contribution >= 4 is 17.9 Å². The van der Waals surface area contributed by atoms with Crippen LogP contribution in [0.4, 0.5) is 0 Å². The Hall–Kier alpha value is -3.49. The average molecular weight is 726 g/mol. The average Bonchev–Trinajstić information content (AvgIpc) is 3.09. The van der Waals surface area contributed by atoms with Gasteiger partial charge in [-0.15, -0.1) is 0 Å². The molecule has 0 fully saturated rings. The molecule has 0 aliphatic rings. The Balaban J connectivity index is 4.53. The highest BCUT2D eigenvalue weighted by atomic mass is 16.6. The predicted octanol–water partition coefficient (Wildman–Crippen LogP) is 8.85. The number of likely N-dealkylation sites (N-methyl/N-ethyl adjacent to an activating group) is 1. The number of quaternary nitrogens is 1. The first-order valence-electron chi connectivity index (χ1n) is 19.7. The van der Waals surface area contributed by atoms with Gasteiger partial charge >= 0.3 is 11.9 Å². The summed E-state index contributed by atoms with van der Waals surface area (Å²) < 4.78 is 17.0. The summed E-state index contributed by atoms with van der Waals surface area (Å²) in [5, 5.41) is 11.6. The number of rotatable bonds is 33. The van der Waals surface area contributed by atoms with E-state index in [4.69, 9.17) is 14.2 Å². The van der Waals surface area contributed by atoms with E-state index in [1.54, 1.807) is 21.1 Å². The number of nitrogens with zero attached hydrogens (tertiary/aromatic N) is 1. The summed E-state index contributed by atoms with van der Waals surface area (Å²) in [6.07, 6.45) is 43.2. The molecule has 0 spiro atoms. The Morgan fingerprint density at radius 2 is 1.10 bits per heavy atom. The minimum Gasteiger partial charge on any atom is -0.544 e. The SMILES string of the molecule is CC/C=C/C=C/C=C/C=C/C=C/C=C/CCCCCC(=O)OCC(COCCC(C(=O)[O-])[N+](C)(C)C)OC(=O)CCCCCCC/C=C/CCCC. The molecule has 2 atom stereocenters. The maximum atomic E-state index is 12.6. The van der Waals surface area contributed by atoms with Crippen LogP contribution in [-0.4, -0.2) is 75.5 Å². The van der Waals surface area contributed by atoms with Gasteiger partial charge in [-0.25, -0.2) is 0 Å². The molecule has 2 unspecified atom stereocenters. The van der Waals surface area contributed by atoms with Gasteiger partial charge in [-0.3, -0.25) is 9.59 Å². The Morgan fingerprint density at radius 3 is 1.67 bits per heavy atom. The molecule has 0 saturated heterocycles. The highest BCUT2D eigenvalue weighted by Crippen LogP contribution is 2.12. The third-order valence-electron chi connectivity index (χ3n) is 8.18. The Labute approximate surface area is 316 Å². The van der Waals surface area contributed by atoms with Crippen LogP contribution in [0.2, 0.25) is 0 Å². The number of hydrogen-bond acceptors (Lipinski definition) is 7. The first kappa shape index (κ1) is 48.5. The van der Waals surface area contributed by atoms with Crippen molar-refractivity contribution in [2.45, 2.75) is 135 Å². The number of carboxylic acids is 1. The van der Waals surface area contributed by atoms with Gasteiger partial charge in [0.2, 0.25) is 0 Å². The summed E-state index contributed by atoms with van der Waals surface area (Å²) in [5.74, 6) is -1.82. The number of carbonyl (C=O) groups is 3. The molecule has 0 aromatic rings. The van der Waals surface area contributed by atoms with Crippen molar-refractivity contribution in [2.75, 3.05) is 41.0 Å². The van der Waals surface area contributed by atoms with Crippen LogP contribution >= 0.6 is 0 Å². The zero-order valence-corrected chi connectivity index (χ0v) is 33.2. The Morgan fingerprint density at radius 1 is 0.596 bits per heavy atom. The summed E-state index contributed by atoms with van der Waals surface area (Å²) in [7, 11) is 5.37. The van der Waals surface area contributed by atoms with Gasteiger partial charge in [0, 0.05) is 19.3 Å². The molecule has 0 N–H and O–H groups in total. The van der Waals surface area contributed by atoms with Gasteiger partial charge in [0.25, 0.3) is 0 Å². The van der Waals surface area contributed by atoms with Crippen molar-refractivity contribution in [1.29, 1.82) is 0 Å². The fraction of sp³-hybridized carbons (Fsp3) is 0.614. The van der Waals surface area contributed by atoms with Crippen LogP contribution in [-0.2, 0) is 28.6 Å². The lowest BCUT2D eigenvalue weighted by molar-refractivity contribution is -0.889. The monoisotopic (exact) mass is 726 g/mol. The smallest absolute Gasteiger partial charge is 0.306 e. The van der Waals surface area contributed by atoms with Gasteiger partial charge < -0.3 is 28.6 Å². The second kappa shape index (κ2) is 34.6. The number of hydrogen-bond donors (Lipinski definition) is 0. The number of aliphatic carboxylic acids is 1.